The molecule has 0 spiro atoms. The zero-order valence-corrected chi connectivity index (χ0v) is 48.4. The molecule has 3 aliphatic heterocycles. The molecule has 3 saturated heterocycles. The number of carbonyl (C=O) groups is 2. The number of amides is 2. The van der Waals surface area contributed by atoms with Gasteiger partial charge >= 0.3 is 6.09 Å². The van der Waals surface area contributed by atoms with Crippen molar-refractivity contribution in [3.8, 4) is 5.75 Å². The van der Waals surface area contributed by atoms with Crippen molar-refractivity contribution in [3.05, 3.63) is 65.7 Å². The summed E-state index contributed by atoms with van der Waals surface area (Å²) >= 11 is 0. The molecule has 2 amide bonds. The summed E-state index contributed by atoms with van der Waals surface area (Å²) in [5, 5.41) is 12.7. The van der Waals surface area contributed by atoms with E-state index in [2.05, 4.69) is 59.8 Å². The van der Waals surface area contributed by atoms with Crippen LogP contribution in [-0.2, 0) is 60.3 Å². The number of hydrogen-bond donors (Lipinski definition) is 1. The van der Waals surface area contributed by atoms with Gasteiger partial charge < -0.3 is 52.2 Å². The van der Waals surface area contributed by atoms with Gasteiger partial charge in [0.15, 0.2) is 14.1 Å². The molecule has 0 aliphatic carbocycles. The molecule has 0 unspecified atom stereocenters. The van der Waals surface area contributed by atoms with Gasteiger partial charge in [-0.25, -0.2) is 9.69 Å². The summed E-state index contributed by atoms with van der Waals surface area (Å²) in [7, 11) is 2.60. The topological polar surface area (TPSA) is 150 Å². The van der Waals surface area contributed by atoms with Gasteiger partial charge in [0.2, 0.25) is 5.91 Å². The van der Waals surface area contributed by atoms with E-state index in [0.717, 1.165) is 23.3 Å². The molecule has 14 atom stereocenters. The standard InChI is InChI=1S/C58H95NO13Si/c1-37(2)49-36-68-56(62)59(49)55(61)48(27-26-46-31-47(64-13)30-38(3)69-46)53(60)41(6)54(72-73(15,16)57(7,8)9)40(5)52-33-51(70-58(10,11)71-52)39(4)50(65-14)32-45(28-29-66-34-42-20-18-17-19-21-42)67-35-43-22-24-44(63-12)25-23-43/h17-25,37-41,45-54,60H,26-36H2,1-16H3/t38-,39+,40-,41-,45-,46-,47+,48-,49-,50-,51-,52+,53+,54-/m0/s1. The van der Waals surface area contributed by atoms with Gasteiger partial charge in [-0.2, -0.15) is 0 Å². The van der Waals surface area contributed by atoms with Crippen molar-refractivity contribution in [1.29, 1.82) is 0 Å². The Labute approximate surface area is 440 Å². The third-order valence-electron chi connectivity index (χ3n) is 16.4. The van der Waals surface area contributed by atoms with Crippen LogP contribution in [0, 0.1) is 29.6 Å². The summed E-state index contributed by atoms with van der Waals surface area (Å²) in [6.45, 7) is 28.9. The normalized spacial score (nSPS) is 26.1. The first-order valence-corrected chi connectivity index (χ1v) is 30.1. The lowest BCUT2D eigenvalue weighted by Gasteiger charge is -2.50. The van der Waals surface area contributed by atoms with Gasteiger partial charge in [0.1, 0.15) is 12.4 Å². The minimum atomic E-state index is -2.53. The Morgan fingerprint density at radius 2 is 1.52 bits per heavy atom. The third-order valence-corrected chi connectivity index (χ3v) is 20.8. The number of rotatable bonds is 27. The largest absolute Gasteiger partial charge is 0.497 e. The third kappa shape index (κ3) is 17.0. The van der Waals surface area contributed by atoms with E-state index < -0.39 is 56.2 Å². The smallest absolute Gasteiger partial charge is 0.416 e. The molecule has 414 valence electrons. The molecule has 0 radical (unpaired) electrons. The van der Waals surface area contributed by atoms with Crippen molar-refractivity contribution in [3.63, 3.8) is 0 Å². The molecule has 3 heterocycles. The first-order chi connectivity index (χ1) is 34.4. The lowest BCUT2D eigenvalue weighted by Crippen LogP contribution is -2.57. The second kappa shape index (κ2) is 27.4. The predicted molar refractivity (Wildman–Crippen MR) is 286 cm³/mol. The minimum absolute atomic E-state index is 0.0112. The summed E-state index contributed by atoms with van der Waals surface area (Å²) in [5.41, 5.74) is 2.16. The molecule has 14 nitrogen and oxygen atoms in total. The fourth-order valence-corrected chi connectivity index (χ4v) is 12.1. The Morgan fingerprint density at radius 1 is 0.877 bits per heavy atom. The summed E-state index contributed by atoms with van der Waals surface area (Å²) in [5.74, 6) is -2.48. The highest BCUT2D eigenvalue weighted by atomic mass is 28.4. The van der Waals surface area contributed by atoms with E-state index >= 15 is 0 Å². The van der Waals surface area contributed by atoms with Crippen molar-refractivity contribution in [2.24, 2.45) is 29.6 Å². The summed E-state index contributed by atoms with van der Waals surface area (Å²) in [6.07, 6.45) is 0.510. The van der Waals surface area contributed by atoms with Crippen LogP contribution in [0.4, 0.5) is 4.79 Å². The monoisotopic (exact) mass is 1040 g/mol. The zero-order chi connectivity index (χ0) is 53.8. The number of aliphatic hydroxyl groups is 1. The van der Waals surface area contributed by atoms with Crippen molar-refractivity contribution >= 4 is 20.3 Å². The molecule has 5 rings (SSSR count). The Hall–Kier alpha value is -2.96. The van der Waals surface area contributed by atoms with Crippen molar-refractivity contribution in [2.75, 3.05) is 34.5 Å². The molecule has 3 fully saturated rings. The number of methoxy groups -OCH3 is 3. The van der Waals surface area contributed by atoms with E-state index in [4.69, 9.17) is 47.1 Å². The van der Waals surface area contributed by atoms with E-state index in [1.54, 1.807) is 21.3 Å². The highest BCUT2D eigenvalue weighted by Crippen LogP contribution is 2.44. The van der Waals surface area contributed by atoms with Crippen LogP contribution in [0.2, 0.25) is 18.1 Å². The minimum Gasteiger partial charge on any atom is -0.497 e. The molecular weight excluding hydrogens is 947 g/mol. The van der Waals surface area contributed by atoms with Gasteiger partial charge in [-0.05, 0) is 100 Å². The second-order valence-corrected chi connectivity index (χ2v) is 28.4. The Balaban J connectivity index is 1.40. The predicted octanol–water partition coefficient (Wildman–Crippen LogP) is 11.1. The van der Waals surface area contributed by atoms with Gasteiger partial charge in [0, 0.05) is 51.4 Å². The van der Waals surface area contributed by atoms with Crippen LogP contribution in [0.1, 0.15) is 132 Å². The Kier molecular flexibility index (Phi) is 22.8. The molecule has 2 aromatic rings. The molecule has 1 N–H and O–H groups in total. The van der Waals surface area contributed by atoms with E-state index in [1.807, 2.05) is 84.0 Å². The van der Waals surface area contributed by atoms with E-state index in [1.165, 1.54) is 4.90 Å². The number of imide groups is 1. The fraction of sp³-hybridized carbons (Fsp3) is 0.759. The lowest BCUT2D eigenvalue weighted by molar-refractivity contribution is -0.322. The second-order valence-electron chi connectivity index (χ2n) is 23.7. The first kappa shape index (κ1) is 60.9. The Bertz CT molecular complexity index is 1960. The lowest BCUT2D eigenvalue weighted by atomic mass is 9.77. The quantitative estimate of drug-likeness (QED) is 0.0668. The highest BCUT2D eigenvalue weighted by Gasteiger charge is 2.51. The SMILES string of the molecule is COc1ccc(CO[C@@H](CCOCc2ccccc2)C[C@H](OC)[C@@H](C)[C@@H]2C[C@H]([C@H](C)[C@H](O[Si](C)(C)C(C)(C)C)[C@@H](C)[C@@H](O)[C@H](CC[C@H]3C[C@H](OC)C[C@H](C)O3)C(=O)N3C(=O)OC[C@H]3C(C)C)OC(C)(C)O2)cc1. The molecule has 15 heteroatoms. The number of cyclic esters (lactones) is 1. The maximum atomic E-state index is 14.9. The van der Waals surface area contributed by atoms with Crippen LogP contribution >= 0.6 is 0 Å². The fourth-order valence-electron chi connectivity index (χ4n) is 10.7. The molecular formula is C58H95NO13Si. The number of hydrogen-bond acceptors (Lipinski definition) is 13. The molecule has 3 aliphatic rings. The van der Waals surface area contributed by atoms with Crippen LogP contribution in [-0.4, -0.2) is 132 Å². The zero-order valence-electron chi connectivity index (χ0n) is 47.4. The van der Waals surface area contributed by atoms with Crippen LogP contribution < -0.4 is 4.74 Å². The van der Waals surface area contributed by atoms with Gasteiger partial charge in [-0.1, -0.05) is 97.9 Å². The van der Waals surface area contributed by atoms with Gasteiger partial charge in [-0.3, -0.25) is 4.79 Å². The molecule has 0 saturated carbocycles. The van der Waals surface area contributed by atoms with Crippen LogP contribution in [0.15, 0.2) is 54.6 Å². The molecule has 0 bridgehead atoms. The first-order valence-electron chi connectivity index (χ1n) is 27.2. The van der Waals surface area contributed by atoms with Crippen molar-refractivity contribution < 1.29 is 61.8 Å². The van der Waals surface area contributed by atoms with Crippen LogP contribution in [0.5, 0.6) is 5.75 Å². The van der Waals surface area contributed by atoms with E-state index in [-0.39, 0.29) is 72.1 Å². The van der Waals surface area contributed by atoms with Crippen molar-refractivity contribution in [2.45, 2.75) is 219 Å². The summed E-state index contributed by atoms with van der Waals surface area (Å²) in [4.78, 5) is 29.6. The summed E-state index contributed by atoms with van der Waals surface area (Å²) < 4.78 is 63.4. The molecule has 73 heavy (non-hydrogen) atoms. The average Bonchev–Trinajstić information content (AvgIpc) is 3.75. The number of nitrogens with zero attached hydrogens (tertiary/aromatic N) is 1. The molecule has 0 aromatic heterocycles. The van der Waals surface area contributed by atoms with E-state index in [9.17, 15) is 14.7 Å². The van der Waals surface area contributed by atoms with Crippen LogP contribution in [0.3, 0.4) is 0 Å². The number of carbonyl (C=O) groups excluding carboxylic acids is 2. The van der Waals surface area contributed by atoms with Gasteiger partial charge in [0.25, 0.3) is 0 Å². The van der Waals surface area contributed by atoms with Crippen LogP contribution in [0.25, 0.3) is 0 Å². The highest BCUT2D eigenvalue weighted by molar-refractivity contribution is 6.74. The average molecular weight is 1040 g/mol. The maximum absolute atomic E-state index is 14.9. The summed E-state index contributed by atoms with van der Waals surface area (Å²) in [6, 6.07) is 17.7. The number of benzene rings is 2. The molecule has 2 aromatic carbocycles. The van der Waals surface area contributed by atoms with Gasteiger partial charge in [0.05, 0.1) is 87.2 Å². The van der Waals surface area contributed by atoms with Crippen molar-refractivity contribution in [1.82, 2.24) is 4.90 Å². The Morgan fingerprint density at radius 3 is 2.12 bits per heavy atom. The van der Waals surface area contributed by atoms with E-state index in [0.29, 0.717) is 58.3 Å². The maximum Gasteiger partial charge on any atom is 0.416 e. The number of ether oxygens (including phenoxy) is 9. The van der Waals surface area contributed by atoms with Gasteiger partial charge in [-0.15, -0.1) is 0 Å². The number of aliphatic hydroxyl groups excluding tert-OH is 1.